The quantitative estimate of drug-likeness (QED) is 0.798. The van der Waals surface area contributed by atoms with Gasteiger partial charge in [0.1, 0.15) is 5.75 Å². The van der Waals surface area contributed by atoms with E-state index < -0.39 is 0 Å². The molecule has 0 aromatic heterocycles. The largest absolute Gasteiger partial charge is 0.492 e. The zero-order chi connectivity index (χ0) is 17.1. The smallest absolute Gasteiger partial charge is 0.251 e. The Bertz CT molecular complexity index is 825. The number of hydrogen-bond acceptors (Lipinski definition) is 3. The summed E-state index contributed by atoms with van der Waals surface area (Å²) < 4.78 is 6.57. The standard InChI is InChI=1S/C19H16BrNO3/c1-21-19(23)13-4-2-12(3-5-13)10-14-8-9-24-17-11-15(20)6-7-16(17)18(14)22/h2-7,10-11H,8-9H2,1H3,(H,21,23)/b14-10-. The van der Waals surface area contributed by atoms with Crippen LogP contribution in [-0.2, 0) is 0 Å². The summed E-state index contributed by atoms with van der Waals surface area (Å²) in [6.07, 6.45) is 2.40. The molecule has 0 aliphatic carbocycles. The van der Waals surface area contributed by atoms with E-state index in [2.05, 4.69) is 21.2 Å². The van der Waals surface area contributed by atoms with E-state index in [1.54, 1.807) is 25.2 Å². The molecule has 4 nitrogen and oxygen atoms in total. The first-order chi connectivity index (χ1) is 11.6. The van der Waals surface area contributed by atoms with Crippen LogP contribution in [0.5, 0.6) is 5.75 Å². The van der Waals surface area contributed by atoms with Gasteiger partial charge in [0, 0.05) is 29.1 Å². The van der Waals surface area contributed by atoms with Crippen molar-refractivity contribution in [3.63, 3.8) is 0 Å². The molecule has 1 aliphatic rings. The maximum absolute atomic E-state index is 12.7. The normalized spacial score (nSPS) is 15.4. The van der Waals surface area contributed by atoms with Crippen LogP contribution in [-0.4, -0.2) is 25.3 Å². The van der Waals surface area contributed by atoms with Crippen LogP contribution in [0.1, 0.15) is 32.7 Å². The Morgan fingerprint density at radius 3 is 2.67 bits per heavy atom. The second-order valence-electron chi connectivity index (χ2n) is 5.44. The summed E-state index contributed by atoms with van der Waals surface area (Å²) in [5.74, 6) is 0.450. The molecule has 122 valence electrons. The van der Waals surface area contributed by atoms with E-state index in [-0.39, 0.29) is 11.7 Å². The Morgan fingerprint density at radius 1 is 1.21 bits per heavy atom. The Hall–Kier alpha value is -2.40. The molecule has 2 aromatic carbocycles. The molecule has 0 unspecified atom stereocenters. The summed E-state index contributed by atoms with van der Waals surface area (Å²) in [5, 5.41) is 2.58. The summed E-state index contributed by atoms with van der Waals surface area (Å²) in [5.41, 5.74) is 2.74. The third-order valence-electron chi connectivity index (χ3n) is 3.85. The van der Waals surface area contributed by atoms with E-state index in [1.165, 1.54) is 0 Å². The number of rotatable bonds is 2. The Labute approximate surface area is 148 Å². The van der Waals surface area contributed by atoms with E-state index in [4.69, 9.17) is 4.74 Å². The van der Waals surface area contributed by atoms with E-state index in [9.17, 15) is 9.59 Å². The molecule has 5 heteroatoms. The molecule has 0 radical (unpaired) electrons. The number of benzene rings is 2. The lowest BCUT2D eigenvalue weighted by molar-refractivity contribution is 0.0962. The van der Waals surface area contributed by atoms with Gasteiger partial charge in [0.15, 0.2) is 5.78 Å². The second-order valence-corrected chi connectivity index (χ2v) is 6.35. The van der Waals surface area contributed by atoms with Gasteiger partial charge in [-0.1, -0.05) is 28.1 Å². The van der Waals surface area contributed by atoms with Crippen LogP contribution in [0.2, 0.25) is 0 Å². The van der Waals surface area contributed by atoms with E-state index in [0.29, 0.717) is 35.5 Å². The topological polar surface area (TPSA) is 55.4 Å². The van der Waals surface area contributed by atoms with Crippen molar-refractivity contribution in [2.45, 2.75) is 6.42 Å². The first-order valence-corrected chi connectivity index (χ1v) is 8.37. The number of nitrogens with one attached hydrogen (secondary N) is 1. The number of ketones is 1. The number of carbonyl (C=O) groups excluding carboxylic acids is 2. The maximum atomic E-state index is 12.7. The molecule has 0 saturated carbocycles. The third kappa shape index (κ3) is 3.41. The van der Waals surface area contributed by atoms with Crippen molar-refractivity contribution in [1.82, 2.24) is 5.32 Å². The predicted molar refractivity (Wildman–Crippen MR) is 96.4 cm³/mol. The highest BCUT2D eigenvalue weighted by molar-refractivity contribution is 9.10. The van der Waals surface area contributed by atoms with Gasteiger partial charge in [0.25, 0.3) is 5.91 Å². The average Bonchev–Trinajstić information content (AvgIpc) is 2.74. The van der Waals surface area contributed by atoms with Crippen LogP contribution in [0.25, 0.3) is 6.08 Å². The average molecular weight is 386 g/mol. The van der Waals surface area contributed by atoms with Crippen LogP contribution in [0, 0.1) is 0 Å². The van der Waals surface area contributed by atoms with Crippen LogP contribution in [0.15, 0.2) is 52.5 Å². The fourth-order valence-corrected chi connectivity index (χ4v) is 2.91. The number of carbonyl (C=O) groups is 2. The van der Waals surface area contributed by atoms with Crippen molar-refractivity contribution in [2.24, 2.45) is 0 Å². The molecule has 0 fully saturated rings. The minimum atomic E-state index is -0.132. The summed E-state index contributed by atoms with van der Waals surface area (Å²) >= 11 is 3.39. The maximum Gasteiger partial charge on any atom is 0.251 e. The number of halogens is 1. The molecule has 1 amide bonds. The van der Waals surface area contributed by atoms with Crippen LogP contribution < -0.4 is 10.1 Å². The molecule has 2 aromatic rings. The molecule has 0 saturated heterocycles. The van der Waals surface area contributed by atoms with Crippen molar-refractivity contribution in [2.75, 3.05) is 13.7 Å². The van der Waals surface area contributed by atoms with Crippen molar-refractivity contribution in [3.8, 4) is 5.75 Å². The molecular weight excluding hydrogens is 370 g/mol. The van der Waals surface area contributed by atoms with Gasteiger partial charge in [-0.2, -0.15) is 0 Å². The molecule has 0 atom stereocenters. The SMILES string of the molecule is CNC(=O)c1ccc(/C=C2/CCOc3cc(Br)ccc3C2=O)cc1. The van der Waals surface area contributed by atoms with Crippen LogP contribution >= 0.6 is 15.9 Å². The van der Waals surface area contributed by atoms with Gasteiger partial charge in [-0.25, -0.2) is 0 Å². The van der Waals surface area contributed by atoms with Gasteiger partial charge in [0.2, 0.25) is 0 Å². The third-order valence-corrected chi connectivity index (χ3v) is 4.34. The number of Topliss-reactive ketones (excluding diaryl/α,β-unsaturated/α-hetero) is 1. The lowest BCUT2D eigenvalue weighted by atomic mass is 9.98. The van der Waals surface area contributed by atoms with Gasteiger partial charge in [0.05, 0.1) is 12.2 Å². The molecule has 1 N–H and O–H groups in total. The molecule has 24 heavy (non-hydrogen) atoms. The zero-order valence-corrected chi connectivity index (χ0v) is 14.7. The summed E-state index contributed by atoms with van der Waals surface area (Å²) in [4.78, 5) is 24.3. The number of amides is 1. The lowest BCUT2D eigenvalue weighted by Gasteiger charge is -2.05. The van der Waals surface area contributed by atoms with E-state index in [1.807, 2.05) is 30.3 Å². The first kappa shape index (κ1) is 16.5. The zero-order valence-electron chi connectivity index (χ0n) is 13.1. The Kier molecular flexibility index (Phi) is 4.81. The van der Waals surface area contributed by atoms with Gasteiger partial charge >= 0.3 is 0 Å². The van der Waals surface area contributed by atoms with Gasteiger partial charge in [-0.3, -0.25) is 9.59 Å². The molecule has 0 bridgehead atoms. The Morgan fingerprint density at radius 2 is 1.96 bits per heavy atom. The molecule has 3 rings (SSSR count). The number of fused-ring (bicyclic) bond motifs is 1. The van der Waals surface area contributed by atoms with Gasteiger partial charge in [-0.05, 0) is 42.0 Å². The highest BCUT2D eigenvalue weighted by Crippen LogP contribution is 2.30. The van der Waals surface area contributed by atoms with Gasteiger partial charge < -0.3 is 10.1 Å². The van der Waals surface area contributed by atoms with Crippen molar-refractivity contribution in [3.05, 3.63) is 69.2 Å². The van der Waals surface area contributed by atoms with E-state index >= 15 is 0 Å². The summed E-state index contributed by atoms with van der Waals surface area (Å²) in [6, 6.07) is 12.6. The fraction of sp³-hybridized carbons (Fsp3) is 0.158. The predicted octanol–water partition coefficient (Wildman–Crippen LogP) is 3.86. The van der Waals surface area contributed by atoms with Crippen molar-refractivity contribution < 1.29 is 14.3 Å². The van der Waals surface area contributed by atoms with Crippen molar-refractivity contribution in [1.29, 1.82) is 0 Å². The fourth-order valence-electron chi connectivity index (χ4n) is 2.57. The van der Waals surface area contributed by atoms with Crippen LogP contribution in [0.4, 0.5) is 0 Å². The summed E-state index contributed by atoms with van der Waals surface area (Å²) in [7, 11) is 1.60. The highest BCUT2D eigenvalue weighted by Gasteiger charge is 2.21. The van der Waals surface area contributed by atoms with Crippen molar-refractivity contribution >= 4 is 33.7 Å². The number of ether oxygens (including phenoxy) is 1. The molecule has 1 aliphatic heterocycles. The lowest BCUT2D eigenvalue weighted by Crippen LogP contribution is -2.17. The first-order valence-electron chi connectivity index (χ1n) is 7.58. The minimum Gasteiger partial charge on any atom is -0.492 e. The Balaban J connectivity index is 1.91. The number of hydrogen-bond donors (Lipinski definition) is 1. The molecule has 1 heterocycles. The van der Waals surface area contributed by atoms with E-state index in [0.717, 1.165) is 10.0 Å². The van der Waals surface area contributed by atoms with Crippen LogP contribution in [0.3, 0.4) is 0 Å². The highest BCUT2D eigenvalue weighted by atomic mass is 79.9. The molecule has 0 spiro atoms. The second kappa shape index (κ2) is 7.01. The minimum absolute atomic E-state index is 0.0228. The summed E-state index contributed by atoms with van der Waals surface area (Å²) in [6.45, 7) is 0.456. The molecular formula is C19H16BrNO3. The monoisotopic (exact) mass is 385 g/mol. The van der Waals surface area contributed by atoms with Gasteiger partial charge in [-0.15, -0.1) is 0 Å².